The molecule has 0 fully saturated rings. The quantitative estimate of drug-likeness (QED) is 0.274. The third kappa shape index (κ3) is 8.82. The van der Waals surface area contributed by atoms with Crippen molar-refractivity contribution < 1.29 is 44.7 Å². The predicted molar refractivity (Wildman–Crippen MR) is 138 cm³/mol. The molecule has 0 atom stereocenters. The molecule has 0 aliphatic rings. The lowest BCUT2D eigenvalue weighted by Gasteiger charge is -2.32. The van der Waals surface area contributed by atoms with Gasteiger partial charge in [0.25, 0.3) is 10.0 Å². The maximum Gasteiger partial charge on any atom is 0.490 e. The van der Waals surface area contributed by atoms with Crippen LogP contribution < -0.4 is 10.0 Å². The average molecular weight is 613 g/mol. The molecule has 0 amide bonds. The molecular formula is C24H26F6N4O4S2. The molecule has 0 unspecified atom stereocenters. The van der Waals surface area contributed by atoms with Crippen LogP contribution in [-0.4, -0.2) is 48.1 Å². The number of hydrogen-bond donors (Lipinski definition) is 3. The third-order valence-corrected chi connectivity index (χ3v) is 7.43. The number of alkyl halides is 3. The molecule has 220 valence electrons. The van der Waals surface area contributed by atoms with Crippen molar-refractivity contribution in [2.45, 2.75) is 50.5 Å². The zero-order valence-corrected chi connectivity index (χ0v) is 23.2. The minimum absolute atomic E-state index is 0.00863. The number of anilines is 2. The molecule has 3 aromatic rings. The van der Waals surface area contributed by atoms with Crippen LogP contribution in [0.5, 0.6) is 0 Å². The summed E-state index contributed by atoms with van der Waals surface area (Å²) in [4.78, 5) is 13.9. The molecule has 1 aromatic heterocycles. The van der Waals surface area contributed by atoms with Gasteiger partial charge >= 0.3 is 12.1 Å². The van der Waals surface area contributed by atoms with Gasteiger partial charge in [-0.05, 0) is 51.6 Å². The number of sulfonamides is 1. The van der Waals surface area contributed by atoms with Gasteiger partial charge in [-0.1, -0.05) is 12.1 Å². The van der Waals surface area contributed by atoms with E-state index in [-0.39, 0.29) is 23.6 Å². The van der Waals surface area contributed by atoms with Gasteiger partial charge in [-0.3, -0.25) is 9.62 Å². The summed E-state index contributed by atoms with van der Waals surface area (Å²) in [7, 11) is -2.46. The van der Waals surface area contributed by atoms with Crippen molar-refractivity contribution in [2.75, 3.05) is 17.1 Å². The minimum Gasteiger partial charge on any atom is -0.475 e. The van der Waals surface area contributed by atoms with Gasteiger partial charge < -0.3 is 10.4 Å². The lowest BCUT2D eigenvalue weighted by Crippen LogP contribution is -2.37. The van der Waals surface area contributed by atoms with Gasteiger partial charge in [0, 0.05) is 29.6 Å². The first-order valence-corrected chi connectivity index (χ1v) is 13.7. The van der Waals surface area contributed by atoms with E-state index < -0.39 is 44.5 Å². The highest BCUT2D eigenvalue weighted by molar-refractivity contribution is 7.92. The predicted octanol–water partition coefficient (Wildman–Crippen LogP) is 5.84. The van der Waals surface area contributed by atoms with Crippen molar-refractivity contribution in [2.24, 2.45) is 0 Å². The number of nitrogens with zero attached hydrogens (tertiary/aromatic N) is 2. The fourth-order valence-electron chi connectivity index (χ4n) is 2.96. The van der Waals surface area contributed by atoms with Gasteiger partial charge in [0.1, 0.15) is 10.7 Å². The highest BCUT2D eigenvalue weighted by Crippen LogP contribution is 2.27. The van der Waals surface area contributed by atoms with Gasteiger partial charge in [-0.25, -0.2) is 31.4 Å². The minimum atomic E-state index is -5.08. The van der Waals surface area contributed by atoms with E-state index in [1.54, 1.807) is 12.1 Å². The molecule has 40 heavy (non-hydrogen) atoms. The zero-order chi connectivity index (χ0) is 30.5. The molecule has 0 bridgehead atoms. The number of benzene rings is 2. The van der Waals surface area contributed by atoms with Gasteiger partial charge in [-0.2, -0.15) is 13.2 Å². The molecule has 3 rings (SSSR count). The monoisotopic (exact) mass is 612 g/mol. The first-order chi connectivity index (χ1) is 18.3. The van der Waals surface area contributed by atoms with Crippen molar-refractivity contribution in [1.82, 2.24) is 9.88 Å². The molecule has 1 heterocycles. The van der Waals surface area contributed by atoms with Gasteiger partial charge in [-0.15, -0.1) is 11.3 Å². The Bertz CT molecular complexity index is 1430. The van der Waals surface area contributed by atoms with E-state index in [1.807, 2.05) is 32.7 Å². The molecule has 3 N–H and O–H groups in total. The van der Waals surface area contributed by atoms with Crippen molar-refractivity contribution in [3.8, 4) is 0 Å². The van der Waals surface area contributed by atoms with Gasteiger partial charge in [0.15, 0.2) is 17.5 Å². The molecule has 8 nitrogen and oxygen atoms in total. The summed E-state index contributed by atoms with van der Waals surface area (Å²) in [5.41, 5.74) is 1.99. The maximum atomic E-state index is 14.7. The lowest BCUT2D eigenvalue weighted by molar-refractivity contribution is -0.192. The summed E-state index contributed by atoms with van der Waals surface area (Å²) in [6.45, 7) is 6.43. The van der Waals surface area contributed by atoms with Gasteiger partial charge in [0.2, 0.25) is 0 Å². The summed E-state index contributed by atoms with van der Waals surface area (Å²) in [6, 6.07) is 6.73. The van der Waals surface area contributed by atoms with Crippen LogP contribution >= 0.6 is 11.3 Å². The Balaban J connectivity index is 0.000000708. The van der Waals surface area contributed by atoms with Crippen molar-refractivity contribution in [3.05, 3.63) is 69.8 Å². The number of carboxylic acids is 1. The smallest absolute Gasteiger partial charge is 0.475 e. The molecule has 16 heteroatoms. The van der Waals surface area contributed by atoms with Crippen molar-refractivity contribution >= 4 is 38.8 Å². The molecule has 0 radical (unpaired) electrons. The fraction of sp³-hybridized carbons (Fsp3) is 0.333. The van der Waals surface area contributed by atoms with Crippen LogP contribution in [0.3, 0.4) is 0 Å². The van der Waals surface area contributed by atoms with E-state index in [0.717, 1.165) is 23.5 Å². The largest absolute Gasteiger partial charge is 0.490 e. The summed E-state index contributed by atoms with van der Waals surface area (Å²) < 4.78 is 103. The first-order valence-electron chi connectivity index (χ1n) is 11.2. The standard InChI is InChI=1S/C22H25F3N4O2S2.C2HF3O2/c1-22(2,3)29(4)11-14-6-5-7-16(23)15(14)10-26-17-8-9-18(21(25)20(17)24)33(30,31)28-19-12-32-13-27-19;3-2(4,5)1(6)7/h5-9,12-13,26,28H,10-11H2,1-4H3;(H,6,7). The lowest BCUT2D eigenvalue weighted by atomic mass is 10.0. The number of carbonyl (C=O) groups is 1. The maximum absolute atomic E-state index is 14.7. The summed E-state index contributed by atoms with van der Waals surface area (Å²) in [6.07, 6.45) is -5.08. The molecule has 0 spiro atoms. The molecule has 0 saturated carbocycles. The number of hydrogen-bond acceptors (Lipinski definition) is 7. The molecule has 0 aliphatic heterocycles. The Morgan fingerprint density at radius 3 is 2.23 bits per heavy atom. The van der Waals surface area contributed by atoms with Crippen molar-refractivity contribution in [3.63, 3.8) is 0 Å². The summed E-state index contributed by atoms with van der Waals surface area (Å²) in [5, 5.41) is 11.2. The second-order valence-corrected chi connectivity index (χ2v) is 11.6. The molecule has 0 saturated heterocycles. The average Bonchev–Trinajstić information content (AvgIpc) is 3.32. The number of aromatic nitrogens is 1. The Morgan fingerprint density at radius 2 is 1.70 bits per heavy atom. The van der Waals surface area contributed by atoms with Crippen LogP contribution in [0.15, 0.2) is 46.1 Å². The Hall–Kier alpha value is -3.37. The Kier molecular flexibility index (Phi) is 10.6. The highest BCUT2D eigenvalue weighted by Gasteiger charge is 2.38. The molecular weight excluding hydrogens is 586 g/mol. The number of halogens is 6. The second kappa shape index (κ2) is 12.9. The summed E-state index contributed by atoms with van der Waals surface area (Å²) >= 11 is 1.15. The number of nitrogens with one attached hydrogen (secondary N) is 2. The SMILES string of the molecule is CN(Cc1cccc(F)c1CNc1ccc(S(=O)(=O)Nc2cscn2)c(F)c1F)C(C)(C)C.O=C(O)C(F)(F)F. The van der Waals surface area contributed by atoms with E-state index in [4.69, 9.17) is 9.90 Å². The zero-order valence-electron chi connectivity index (χ0n) is 21.6. The van der Waals surface area contributed by atoms with E-state index in [1.165, 1.54) is 17.0 Å². The second-order valence-electron chi connectivity index (χ2n) is 9.28. The van der Waals surface area contributed by atoms with Crippen LogP contribution in [0, 0.1) is 17.5 Å². The number of aliphatic carboxylic acids is 1. The van der Waals surface area contributed by atoms with Crippen molar-refractivity contribution in [1.29, 1.82) is 0 Å². The third-order valence-electron chi connectivity index (χ3n) is 5.47. The fourth-order valence-corrected chi connectivity index (χ4v) is 4.59. The Labute approximate surface area is 230 Å². The molecule has 2 aromatic carbocycles. The van der Waals surface area contributed by atoms with Crippen LogP contribution in [0.1, 0.15) is 31.9 Å². The van der Waals surface area contributed by atoms with E-state index in [2.05, 4.69) is 15.0 Å². The van der Waals surface area contributed by atoms with Crippen LogP contribution in [0.2, 0.25) is 0 Å². The number of thiazole rings is 1. The van der Waals surface area contributed by atoms with Crippen LogP contribution in [0.25, 0.3) is 0 Å². The van der Waals surface area contributed by atoms with E-state index in [9.17, 15) is 34.8 Å². The summed E-state index contributed by atoms with van der Waals surface area (Å²) in [5.74, 6) is -6.14. The number of carboxylic acid groups (broad SMARTS) is 1. The van der Waals surface area contributed by atoms with Crippen LogP contribution in [-0.2, 0) is 27.9 Å². The Morgan fingerprint density at radius 1 is 1.07 bits per heavy atom. The van der Waals surface area contributed by atoms with E-state index >= 15 is 0 Å². The molecule has 0 aliphatic carbocycles. The number of rotatable bonds is 8. The highest BCUT2D eigenvalue weighted by atomic mass is 32.2. The van der Waals surface area contributed by atoms with E-state index in [0.29, 0.717) is 17.7 Å². The topological polar surface area (TPSA) is 112 Å². The van der Waals surface area contributed by atoms with Crippen LogP contribution in [0.4, 0.5) is 37.8 Å². The van der Waals surface area contributed by atoms with Gasteiger partial charge in [0.05, 0.1) is 11.2 Å². The first kappa shape index (κ1) is 32.8. The normalized spacial score (nSPS) is 12.1.